The van der Waals surface area contributed by atoms with Crippen molar-refractivity contribution in [3.8, 4) is 0 Å². The number of nitrogens with zero attached hydrogens (tertiary/aromatic N) is 1. The van der Waals surface area contributed by atoms with Crippen molar-refractivity contribution in [3.63, 3.8) is 0 Å². The third kappa shape index (κ3) is 5.20. The lowest BCUT2D eigenvalue weighted by atomic mass is 10.1. The molecule has 5 heteroatoms. The second kappa shape index (κ2) is 8.66. The smallest absolute Gasteiger partial charge is 0.232 e. The van der Waals surface area contributed by atoms with Crippen molar-refractivity contribution >= 4 is 30.1 Å². The van der Waals surface area contributed by atoms with Crippen molar-refractivity contribution in [2.75, 3.05) is 18.8 Å². The van der Waals surface area contributed by atoms with Gasteiger partial charge in [-0.2, -0.15) is 0 Å². The van der Waals surface area contributed by atoms with E-state index < -0.39 is 0 Å². The van der Waals surface area contributed by atoms with Gasteiger partial charge in [-0.05, 0) is 26.3 Å². The van der Waals surface area contributed by atoms with Crippen LogP contribution in [0.1, 0.15) is 25.0 Å². The van der Waals surface area contributed by atoms with Crippen LogP contribution in [0.25, 0.3) is 0 Å². The van der Waals surface area contributed by atoms with Gasteiger partial charge < -0.3 is 10.2 Å². The van der Waals surface area contributed by atoms with Crippen LogP contribution >= 0.6 is 24.2 Å². The van der Waals surface area contributed by atoms with E-state index in [9.17, 15) is 4.79 Å². The van der Waals surface area contributed by atoms with E-state index in [4.69, 9.17) is 0 Å². The average Bonchev–Trinajstić information content (AvgIpc) is 2.42. The molecule has 1 aliphatic rings. The lowest BCUT2D eigenvalue weighted by Crippen LogP contribution is -2.57. The van der Waals surface area contributed by atoms with Crippen LogP contribution in [0.5, 0.6) is 0 Å². The van der Waals surface area contributed by atoms with Crippen LogP contribution in [-0.4, -0.2) is 41.7 Å². The van der Waals surface area contributed by atoms with E-state index in [-0.39, 0.29) is 24.4 Å². The molecule has 1 N–H and O–H groups in total. The zero-order valence-electron chi connectivity index (χ0n) is 13.0. The highest BCUT2D eigenvalue weighted by atomic mass is 35.5. The molecule has 0 spiro atoms. The molecule has 21 heavy (non-hydrogen) atoms. The summed E-state index contributed by atoms with van der Waals surface area (Å²) in [4.78, 5) is 14.3. The lowest BCUT2D eigenvalue weighted by Gasteiger charge is -2.38. The molecule has 3 nitrogen and oxygen atoms in total. The summed E-state index contributed by atoms with van der Waals surface area (Å²) in [6, 6.07) is 9.16. The molecule has 2 unspecified atom stereocenters. The number of thioether (sulfide) groups is 1. The summed E-state index contributed by atoms with van der Waals surface area (Å²) in [6.45, 7) is 8.10. The molecule has 1 aromatic carbocycles. The predicted molar refractivity (Wildman–Crippen MR) is 93.2 cm³/mol. The topological polar surface area (TPSA) is 32.3 Å². The molecule has 0 saturated carbocycles. The first-order valence-corrected chi connectivity index (χ1v) is 8.39. The van der Waals surface area contributed by atoms with Crippen LogP contribution in [0, 0.1) is 6.92 Å². The Morgan fingerprint density at radius 3 is 2.90 bits per heavy atom. The van der Waals surface area contributed by atoms with Gasteiger partial charge in [-0.3, -0.25) is 4.79 Å². The fourth-order valence-corrected chi connectivity index (χ4v) is 3.41. The van der Waals surface area contributed by atoms with Crippen LogP contribution in [0.15, 0.2) is 24.3 Å². The summed E-state index contributed by atoms with van der Waals surface area (Å²) in [5.74, 6) is 1.75. The van der Waals surface area contributed by atoms with Gasteiger partial charge in [0.05, 0.1) is 5.75 Å². The van der Waals surface area contributed by atoms with E-state index in [0.29, 0.717) is 11.8 Å². The summed E-state index contributed by atoms with van der Waals surface area (Å²) in [7, 11) is 0. The molecular formula is C16H25ClN2OS. The highest BCUT2D eigenvalue weighted by Crippen LogP contribution is 2.16. The van der Waals surface area contributed by atoms with E-state index in [1.807, 2.05) is 4.90 Å². The molecule has 1 heterocycles. The number of carbonyl (C=O) groups is 1. The van der Waals surface area contributed by atoms with E-state index in [2.05, 4.69) is 50.4 Å². The van der Waals surface area contributed by atoms with Gasteiger partial charge in [0.2, 0.25) is 5.91 Å². The zero-order valence-corrected chi connectivity index (χ0v) is 14.6. The first-order chi connectivity index (χ1) is 9.58. The van der Waals surface area contributed by atoms with Crippen LogP contribution < -0.4 is 5.32 Å². The van der Waals surface area contributed by atoms with Crippen molar-refractivity contribution < 1.29 is 4.79 Å². The molecule has 1 fully saturated rings. The molecule has 1 aliphatic heterocycles. The van der Waals surface area contributed by atoms with Gasteiger partial charge in [-0.1, -0.05) is 29.8 Å². The fourth-order valence-electron chi connectivity index (χ4n) is 2.55. The maximum atomic E-state index is 12.3. The van der Waals surface area contributed by atoms with Gasteiger partial charge >= 0.3 is 0 Å². The Morgan fingerprint density at radius 2 is 2.19 bits per heavy atom. The van der Waals surface area contributed by atoms with E-state index >= 15 is 0 Å². The highest BCUT2D eigenvalue weighted by molar-refractivity contribution is 7.99. The molecule has 1 aromatic rings. The Balaban J connectivity index is 0.00000220. The first kappa shape index (κ1) is 18.3. The summed E-state index contributed by atoms with van der Waals surface area (Å²) in [5, 5.41) is 3.40. The number of piperazine rings is 1. The number of hydrogen-bond donors (Lipinski definition) is 1. The Morgan fingerprint density at radius 1 is 1.43 bits per heavy atom. The minimum absolute atomic E-state index is 0. The standard InChI is InChI=1S/C16H24N2OS.ClH/c1-12-5-4-6-15(9-12)10-20-11-16(19)18-8-7-17-13(2)14(18)3;/h4-6,9,13-14,17H,7-8,10-11H2,1-3H3;1H. The van der Waals surface area contributed by atoms with E-state index in [0.717, 1.165) is 18.8 Å². The number of benzene rings is 1. The van der Waals surface area contributed by atoms with Crippen LogP contribution in [0.2, 0.25) is 0 Å². The number of aryl methyl sites for hydroxylation is 1. The Bertz CT molecular complexity index is 469. The quantitative estimate of drug-likeness (QED) is 0.922. The SMILES string of the molecule is Cc1cccc(CSCC(=O)N2CCNC(C)C2C)c1.Cl. The van der Waals surface area contributed by atoms with Gasteiger partial charge in [-0.15, -0.1) is 24.2 Å². The molecule has 0 aromatic heterocycles. The van der Waals surface area contributed by atoms with Crippen molar-refractivity contribution in [1.82, 2.24) is 10.2 Å². The van der Waals surface area contributed by atoms with Gasteiger partial charge in [0, 0.05) is 30.9 Å². The van der Waals surface area contributed by atoms with E-state index in [1.165, 1.54) is 11.1 Å². The third-order valence-corrected chi connectivity index (χ3v) is 4.92. The van der Waals surface area contributed by atoms with Crippen LogP contribution in [-0.2, 0) is 10.5 Å². The molecule has 2 rings (SSSR count). The Kier molecular flexibility index (Phi) is 7.57. The predicted octanol–water partition coefficient (Wildman–Crippen LogP) is 2.86. The van der Waals surface area contributed by atoms with Crippen LogP contribution in [0.3, 0.4) is 0 Å². The molecule has 118 valence electrons. The molecule has 1 amide bonds. The summed E-state index contributed by atoms with van der Waals surface area (Å²) < 4.78 is 0. The lowest BCUT2D eigenvalue weighted by molar-refractivity contribution is -0.131. The minimum Gasteiger partial charge on any atom is -0.336 e. The van der Waals surface area contributed by atoms with Crippen molar-refractivity contribution in [2.24, 2.45) is 0 Å². The third-order valence-electron chi connectivity index (χ3n) is 3.93. The molecule has 1 saturated heterocycles. The van der Waals surface area contributed by atoms with Gasteiger partial charge in [0.15, 0.2) is 0 Å². The molecule has 0 radical (unpaired) electrons. The maximum absolute atomic E-state index is 12.3. The molecule has 2 atom stereocenters. The second-order valence-corrected chi connectivity index (χ2v) is 6.54. The second-order valence-electron chi connectivity index (χ2n) is 5.55. The fraction of sp³-hybridized carbons (Fsp3) is 0.562. The van der Waals surface area contributed by atoms with Gasteiger partial charge in [0.25, 0.3) is 0 Å². The highest BCUT2D eigenvalue weighted by Gasteiger charge is 2.27. The summed E-state index contributed by atoms with van der Waals surface area (Å²) >= 11 is 1.71. The first-order valence-electron chi connectivity index (χ1n) is 7.24. The number of rotatable bonds is 4. The largest absolute Gasteiger partial charge is 0.336 e. The minimum atomic E-state index is 0. The Hall–Kier alpha value is -0.710. The van der Waals surface area contributed by atoms with Gasteiger partial charge in [0.1, 0.15) is 0 Å². The van der Waals surface area contributed by atoms with Gasteiger partial charge in [-0.25, -0.2) is 0 Å². The van der Waals surface area contributed by atoms with Crippen molar-refractivity contribution in [2.45, 2.75) is 38.6 Å². The number of nitrogens with one attached hydrogen (secondary N) is 1. The normalized spacial score (nSPS) is 21.8. The zero-order chi connectivity index (χ0) is 14.5. The summed E-state index contributed by atoms with van der Waals surface area (Å²) in [6.07, 6.45) is 0. The maximum Gasteiger partial charge on any atom is 0.232 e. The average molecular weight is 329 g/mol. The Labute approximate surface area is 138 Å². The van der Waals surface area contributed by atoms with Crippen LogP contribution in [0.4, 0.5) is 0 Å². The number of carbonyl (C=O) groups excluding carboxylic acids is 1. The van der Waals surface area contributed by atoms with Crippen molar-refractivity contribution in [3.05, 3.63) is 35.4 Å². The summed E-state index contributed by atoms with van der Waals surface area (Å²) in [5.41, 5.74) is 2.57. The number of amides is 1. The number of halogens is 1. The molecule has 0 aliphatic carbocycles. The van der Waals surface area contributed by atoms with Crippen molar-refractivity contribution in [1.29, 1.82) is 0 Å². The van der Waals surface area contributed by atoms with E-state index in [1.54, 1.807) is 11.8 Å². The molecular weight excluding hydrogens is 304 g/mol. The monoisotopic (exact) mass is 328 g/mol. The molecule has 0 bridgehead atoms. The number of hydrogen-bond acceptors (Lipinski definition) is 3.